The average Bonchev–Trinajstić information content (AvgIpc) is 3.09. The van der Waals surface area contributed by atoms with Gasteiger partial charge in [0.2, 0.25) is 0 Å². The van der Waals surface area contributed by atoms with Crippen LogP contribution in [0.1, 0.15) is 20.3 Å². The van der Waals surface area contributed by atoms with E-state index in [1.165, 1.54) is 5.01 Å². The number of aromatic nitrogens is 1. The second kappa shape index (κ2) is 11.4. The number of allylic oxidation sites excluding steroid dienone is 1. The molecule has 0 fully saturated rings. The van der Waals surface area contributed by atoms with Gasteiger partial charge in [-0.25, -0.2) is 0 Å². The third-order valence-electron chi connectivity index (χ3n) is 4.42. The number of hydrogen-bond donors (Lipinski definition) is 1. The molecule has 1 aliphatic heterocycles. The molecule has 1 aromatic heterocycles. The van der Waals surface area contributed by atoms with E-state index in [0.29, 0.717) is 29.1 Å². The van der Waals surface area contributed by atoms with Gasteiger partial charge in [0.25, 0.3) is 5.91 Å². The predicted molar refractivity (Wildman–Crippen MR) is 115 cm³/mol. The molecular weight excluding hydrogens is 592 g/mol. The fourth-order valence-corrected chi connectivity index (χ4v) is 2.91. The minimum atomic E-state index is -0.649. The molecule has 0 unspecified atom stereocenters. The molecule has 4 rings (SSSR count). The van der Waals surface area contributed by atoms with Gasteiger partial charge < -0.3 is 10.1 Å². The van der Waals surface area contributed by atoms with Crippen molar-refractivity contribution in [1.29, 1.82) is 0 Å². The largest absolute Gasteiger partial charge is 0.511 e. The second-order valence-electron chi connectivity index (χ2n) is 6.57. The molecule has 167 valence electrons. The number of halogens is 2. The Hall–Kier alpha value is -3.22. The van der Waals surface area contributed by atoms with Crippen LogP contribution in [0.5, 0.6) is 0 Å². The maximum absolute atomic E-state index is 13.2. The van der Waals surface area contributed by atoms with Crippen molar-refractivity contribution in [2.45, 2.75) is 20.3 Å². The number of hydrazone groups is 1. The SMILES string of the molecule is CC/C(O)=C1/C(=O)N(c2ccccc2)N=C1C.Fc1c[c-]c(-c2ccccn2)c(F)c1.[Ir]. The van der Waals surface area contributed by atoms with Crippen LogP contribution in [-0.4, -0.2) is 21.7 Å². The molecule has 1 amide bonds. The number of nitrogens with zero attached hydrogens (tertiary/aromatic N) is 3. The van der Waals surface area contributed by atoms with Crippen LogP contribution in [-0.2, 0) is 24.9 Å². The van der Waals surface area contributed by atoms with Crippen LogP contribution in [0.2, 0.25) is 0 Å². The van der Waals surface area contributed by atoms with Gasteiger partial charge in [-0.2, -0.15) is 10.1 Å². The number of rotatable bonds is 3. The van der Waals surface area contributed by atoms with Crippen molar-refractivity contribution < 1.29 is 38.8 Å². The third-order valence-corrected chi connectivity index (χ3v) is 4.42. The van der Waals surface area contributed by atoms with Crippen LogP contribution >= 0.6 is 0 Å². The van der Waals surface area contributed by atoms with E-state index >= 15 is 0 Å². The van der Waals surface area contributed by atoms with Crippen molar-refractivity contribution in [1.82, 2.24) is 4.98 Å². The summed E-state index contributed by atoms with van der Waals surface area (Å²) in [4.78, 5) is 16.1. The summed E-state index contributed by atoms with van der Waals surface area (Å²) in [5.74, 6) is -1.46. The number of aliphatic hydroxyl groups is 1. The van der Waals surface area contributed by atoms with Crippen LogP contribution < -0.4 is 5.01 Å². The number of benzene rings is 2. The summed E-state index contributed by atoms with van der Waals surface area (Å²) in [6, 6.07) is 18.7. The quantitative estimate of drug-likeness (QED) is 0.243. The summed E-state index contributed by atoms with van der Waals surface area (Å²) in [5, 5.41) is 15.2. The van der Waals surface area contributed by atoms with Crippen LogP contribution in [0.25, 0.3) is 11.3 Å². The molecule has 1 N–H and O–H groups in total. The van der Waals surface area contributed by atoms with Crippen molar-refractivity contribution in [3.63, 3.8) is 0 Å². The van der Waals surface area contributed by atoms with Gasteiger partial charge in [0.05, 0.1) is 11.4 Å². The Labute approximate surface area is 198 Å². The molecule has 1 aliphatic rings. The number of aliphatic hydroxyl groups excluding tert-OH is 1. The number of pyridine rings is 1. The Kier molecular flexibility index (Phi) is 8.93. The first-order valence-electron chi connectivity index (χ1n) is 9.57. The topological polar surface area (TPSA) is 65.8 Å². The summed E-state index contributed by atoms with van der Waals surface area (Å²) in [7, 11) is 0. The van der Waals surface area contributed by atoms with Crippen molar-refractivity contribution in [3.05, 3.63) is 95.9 Å². The fourth-order valence-electron chi connectivity index (χ4n) is 2.91. The van der Waals surface area contributed by atoms with E-state index in [0.717, 1.165) is 12.1 Å². The molecule has 0 saturated heterocycles. The Morgan fingerprint density at radius 2 is 1.81 bits per heavy atom. The maximum atomic E-state index is 13.2. The molecule has 0 saturated carbocycles. The van der Waals surface area contributed by atoms with Gasteiger partial charge in [-0.3, -0.25) is 13.6 Å². The number of carbonyl (C=O) groups is 1. The number of hydrogen-bond acceptors (Lipinski definition) is 4. The second-order valence-corrected chi connectivity index (χ2v) is 6.57. The first-order valence-corrected chi connectivity index (χ1v) is 9.57. The molecule has 0 aliphatic carbocycles. The summed E-state index contributed by atoms with van der Waals surface area (Å²) in [6.07, 6.45) is 1.97. The van der Waals surface area contributed by atoms with Crippen LogP contribution in [0.15, 0.2) is 83.3 Å². The Balaban J connectivity index is 0.000000224. The summed E-state index contributed by atoms with van der Waals surface area (Å²) in [6.45, 7) is 3.52. The van der Waals surface area contributed by atoms with E-state index in [4.69, 9.17) is 0 Å². The Bertz CT molecular complexity index is 1140. The van der Waals surface area contributed by atoms with Crippen LogP contribution in [0.4, 0.5) is 14.5 Å². The van der Waals surface area contributed by atoms with Gasteiger partial charge in [-0.1, -0.05) is 48.9 Å². The van der Waals surface area contributed by atoms with Gasteiger partial charge >= 0.3 is 0 Å². The molecule has 2 aromatic carbocycles. The fraction of sp³-hybridized carbons (Fsp3) is 0.125. The Morgan fingerprint density at radius 3 is 2.41 bits per heavy atom. The van der Waals surface area contributed by atoms with Crippen molar-refractivity contribution in [3.8, 4) is 11.3 Å². The average molecular weight is 613 g/mol. The van der Waals surface area contributed by atoms with E-state index < -0.39 is 11.6 Å². The molecule has 0 atom stereocenters. The van der Waals surface area contributed by atoms with Crippen LogP contribution in [0.3, 0.4) is 0 Å². The molecule has 1 radical (unpaired) electrons. The Morgan fingerprint density at radius 1 is 1.12 bits per heavy atom. The van der Waals surface area contributed by atoms with Gasteiger partial charge in [-0.15, -0.1) is 12.1 Å². The molecule has 2 heterocycles. The van der Waals surface area contributed by atoms with Gasteiger partial charge in [0.1, 0.15) is 11.3 Å². The summed E-state index contributed by atoms with van der Waals surface area (Å²) < 4.78 is 25.8. The van der Waals surface area contributed by atoms with E-state index in [1.807, 2.05) is 18.2 Å². The molecular formula is C24H20F2IrN3O2-. The van der Waals surface area contributed by atoms with Crippen molar-refractivity contribution >= 4 is 17.3 Å². The number of carbonyl (C=O) groups excluding carboxylic acids is 1. The van der Waals surface area contributed by atoms with Gasteiger partial charge in [0.15, 0.2) is 0 Å². The molecule has 8 heteroatoms. The third kappa shape index (κ3) is 5.72. The van der Waals surface area contributed by atoms with Gasteiger partial charge in [0, 0.05) is 44.4 Å². The number of amides is 1. The summed E-state index contributed by atoms with van der Waals surface area (Å²) in [5.41, 5.74) is 2.21. The monoisotopic (exact) mass is 613 g/mol. The standard InChI is InChI=1S/C13H14N2O2.C11H6F2N.Ir/c1-3-11(16)12-9(2)14-15(13(12)17)10-7-5-4-6-8-10;12-8-4-5-9(10(13)7-8)11-3-1-2-6-14-11;/h4-8,16H,3H2,1-2H3;1-4,6-7H;/q;-1;/b12-11-;;. The van der Waals surface area contributed by atoms with Gasteiger partial charge in [-0.05, 0) is 30.8 Å². The first-order chi connectivity index (χ1) is 14.9. The first kappa shape index (κ1) is 25.0. The van der Waals surface area contributed by atoms with Crippen molar-refractivity contribution in [2.24, 2.45) is 5.10 Å². The van der Waals surface area contributed by atoms with E-state index in [-0.39, 0.29) is 37.3 Å². The molecule has 0 spiro atoms. The van der Waals surface area contributed by atoms with Crippen molar-refractivity contribution in [2.75, 3.05) is 5.01 Å². The van der Waals surface area contributed by atoms with E-state index in [2.05, 4.69) is 16.2 Å². The number of para-hydroxylation sites is 1. The normalized spacial score (nSPS) is 14.2. The zero-order valence-electron chi connectivity index (χ0n) is 17.3. The number of anilines is 1. The zero-order chi connectivity index (χ0) is 22.4. The minimum Gasteiger partial charge on any atom is -0.511 e. The molecule has 0 bridgehead atoms. The van der Waals surface area contributed by atoms with E-state index in [1.54, 1.807) is 50.4 Å². The zero-order valence-corrected chi connectivity index (χ0v) is 19.7. The summed E-state index contributed by atoms with van der Waals surface area (Å²) >= 11 is 0. The molecule has 3 aromatic rings. The van der Waals surface area contributed by atoms with Crippen LogP contribution in [0, 0.1) is 17.7 Å². The molecule has 32 heavy (non-hydrogen) atoms. The minimum absolute atomic E-state index is 0. The molecule has 5 nitrogen and oxygen atoms in total. The van der Waals surface area contributed by atoms with E-state index in [9.17, 15) is 18.7 Å². The smallest absolute Gasteiger partial charge is 0.284 e. The predicted octanol–water partition coefficient (Wildman–Crippen LogP) is 5.46. The maximum Gasteiger partial charge on any atom is 0.284 e.